The molecule has 138 valence electrons. The van der Waals surface area contributed by atoms with E-state index in [0.717, 1.165) is 0 Å². The lowest BCUT2D eigenvalue weighted by Crippen LogP contribution is -2.68. The molecule has 1 aromatic heterocycles. The van der Waals surface area contributed by atoms with Gasteiger partial charge < -0.3 is 16.6 Å². The molecule has 3 rings (SSSR count). The summed E-state index contributed by atoms with van der Waals surface area (Å²) in [4.78, 5) is 35.7. The number of hydrogen-bond acceptors (Lipinski definition) is 5. The Labute approximate surface area is 159 Å². The fourth-order valence-electron chi connectivity index (χ4n) is 2.73. The summed E-state index contributed by atoms with van der Waals surface area (Å²) in [5.74, 6) is -1.52. The summed E-state index contributed by atoms with van der Waals surface area (Å²) in [5.41, 5.74) is 11.9. The summed E-state index contributed by atoms with van der Waals surface area (Å²) in [6.45, 7) is 0.483. The quantitative estimate of drug-likeness (QED) is 0.459. The van der Waals surface area contributed by atoms with Crippen molar-refractivity contribution in [1.82, 2.24) is 4.90 Å². The summed E-state index contributed by atoms with van der Waals surface area (Å²) in [6.07, 6.45) is 6.92. The molecule has 0 aromatic carbocycles. The largest absolute Gasteiger partial charge is 0.477 e. The number of carbonyl (C=O) groups excluding carboxylic acids is 2. The van der Waals surface area contributed by atoms with Crippen LogP contribution in [0.25, 0.3) is 0 Å². The van der Waals surface area contributed by atoms with Crippen molar-refractivity contribution in [2.45, 2.75) is 18.0 Å². The van der Waals surface area contributed by atoms with Crippen molar-refractivity contribution in [1.29, 1.82) is 0 Å². The van der Waals surface area contributed by atoms with Crippen molar-refractivity contribution in [3.63, 3.8) is 0 Å². The molecule has 3 heterocycles. The van der Waals surface area contributed by atoms with Crippen LogP contribution in [0.1, 0.15) is 10.4 Å². The fraction of sp³-hybridized carbons (Fsp3) is 0.250. The van der Waals surface area contributed by atoms with Crippen molar-refractivity contribution < 1.29 is 24.1 Å². The molecule has 2 aliphatic rings. The highest BCUT2D eigenvalue weighted by Crippen LogP contribution is 2.39. The molecule has 1 unspecified atom stereocenters. The van der Waals surface area contributed by atoms with Crippen molar-refractivity contribution >= 4 is 42.0 Å². The number of primary amides is 1. The van der Waals surface area contributed by atoms with Crippen molar-refractivity contribution in [2.75, 3.05) is 5.75 Å². The predicted molar refractivity (Wildman–Crippen MR) is 97.3 cm³/mol. The van der Waals surface area contributed by atoms with Gasteiger partial charge in [-0.3, -0.25) is 14.5 Å². The number of carboxylic acids is 1. The molecule has 8 nitrogen and oxygen atoms in total. The summed E-state index contributed by atoms with van der Waals surface area (Å²) >= 11 is 1.45. The van der Waals surface area contributed by atoms with E-state index in [0.29, 0.717) is 23.4 Å². The first-order valence-corrected chi connectivity index (χ1v) is 8.57. The molecule has 1 saturated heterocycles. The zero-order chi connectivity index (χ0) is 18.1. The second-order valence-electron chi connectivity index (χ2n) is 5.66. The van der Waals surface area contributed by atoms with Crippen LogP contribution in [0.5, 0.6) is 0 Å². The van der Waals surface area contributed by atoms with Gasteiger partial charge in [-0.1, -0.05) is 6.08 Å². The molecular weight excluding hydrogens is 380 g/mol. The first-order valence-electron chi connectivity index (χ1n) is 7.52. The lowest BCUT2D eigenvalue weighted by molar-refractivity contribution is -0.687. The summed E-state index contributed by atoms with van der Waals surface area (Å²) < 4.78 is 1.81. The van der Waals surface area contributed by atoms with Crippen LogP contribution >= 0.6 is 24.2 Å². The first-order chi connectivity index (χ1) is 11.9. The number of allylic oxidation sites excluding steroid dienone is 2. The van der Waals surface area contributed by atoms with E-state index in [-0.39, 0.29) is 29.4 Å². The number of carbonyl (C=O) groups is 3. The lowest BCUT2D eigenvalue weighted by Gasteiger charge is -2.47. The molecule has 0 saturated carbocycles. The average Bonchev–Trinajstić information content (AvgIpc) is 2.60. The van der Waals surface area contributed by atoms with E-state index in [1.54, 1.807) is 36.7 Å². The number of hydrogen-bond donors (Lipinski definition) is 3. The molecular formula is C16H18ClN4O4S+. The lowest BCUT2D eigenvalue weighted by atomic mass is 10.0. The van der Waals surface area contributed by atoms with Crippen molar-refractivity contribution in [3.05, 3.63) is 53.5 Å². The number of fused-ring (bicyclic) bond motifs is 1. The van der Waals surface area contributed by atoms with Crippen LogP contribution in [-0.4, -0.2) is 45.0 Å². The van der Waals surface area contributed by atoms with Gasteiger partial charge in [0, 0.05) is 17.9 Å². The molecule has 2 atom stereocenters. The highest BCUT2D eigenvalue weighted by molar-refractivity contribution is 8.00. The van der Waals surface area contributed by atoms with Gasteiger partial charge in [-0.05, 0) is 11.6 Å². The first kappa shape index (κ1) is 20.0. The summed E-state index contributed by atoms with van der Waals surface area (Å²) in [6, 6.07) is 2.59. The molecule has 10 heteroatoms. The number of aliphatic carboxylic acids is 1. The molecule has 0 spiro atoms. The number of halogens is 1. The molecule has 2 amide bonds. The van der Waals surface area contributed by atoms with Gasteiger partial charge in [-0.25, -0.2) is 9.36 Å². The molecule has 26 heavy (non-hydrogen) atoms. The van der Waals surface area contributed by atoms with Gasteiger partial charge in [0.1, 0.15) is 17.1 Å². The van der Waals surface area contributed by atoms with Gasteiger partial charge in [0.2, 0.25) is 11.8 Å². The fourth-order valence-corrected chi connectivity index (χ4v) is 3.99. The van der Waals surface area contributed by atoms with Crippen LogP contribution in [0.2, 0.25) is 0 Å². The molecule has 1 aromatic rings. The van der Waals surface area contributed by atoms with Gasteiger partial charge >= 0.3 is 5.97 Å². The number of nitrogens with zero attached hydrogens (tertiary/aromatic N) is 2. The number of pyridine rings is 1. The van der Waals surface area contributed by atoms with Gasteiger partial charge in [-0.15, -0.1) is 24.2 Å². The molecule has 2 aliphatic heterocycles. The number of nitrogens with two attached hydrogens (primary N) is 2. The van der Waals surface area contributed by atoms with Gasteiger partial charge in [0.05, 0.1) is 5.56 Å². The normalized spacial score (nSPS) is 21.9. The van der Waals surface area contributed by atoms with E-state index >= 15 is 0 Å². The maximum absolute atomic E-state index is 11.9. The van der Waals surface area contributed by atoms with E-state index in [9.17, 15) is 19.5 Å². The molecule has 0 bridgehead atoms. The third-order valence-electron chi connectivity index (χ3n) is 4.05. The number of β-lactam (4-membered cyclic amide) rings is 1. The van der Waals surface area contributed by atoms with E-state index < -0.39 is 17.9 Å². The second-order valence-corrected chi connectivity index (χ2v) is 6.77. The smallest absolute Gasteiger partial charge is 0.352 e. The zero-order valence-corrected chi connectivity index (χ0v) is 15.2. The monoisotopic (exact) mass is 397 g/mol. The Bertz CT molecular complexity index is 809. The Morgan fingerprint density at radius 2 is 2.04 bits per heavy atom. The molecule has 1 fully saturated rings. The maximum atomic E-state index is 11.9. The summed E-state index contributed by atoms with van der Waals surface area (Å²) in [7, 11) is 0. The number of amides is 2. The third kappa shape index (κ3) is 3.59. The Morgan fingerprint density at radius 1 is 1.38 bits per heavy atom. The van der Waals surface area contributed by atoms with Crippen LogP contribution in [0.4, 0.5) is 0 Å². The van der Waals surface area contributed by atoms with Gasteiger partial charge in [0.15, 0.2) is 18.9 Å². The van der Waals surface area contributed by atoms with E-state index in [1.807, 2.05) is 4.57 Å². The summed E-state index contributed by atoms with van der Waals surface area (Å²) in [5, 5.41) is 9.15. The maximum Gasteiger partial charge on any atom is 0.352 e. The molecule has 5 N–H and O–H groups in total. The van der Waals surface area contributed by atoms with Crippen LogP contribution in [-0.2, 0) is 16.1 Å². The van der Waals surface area contributed by atoms with Crippen LogP contribution < -0.4 is 16.0 Å². The standard InChI is InChI=1S/C16H16N4O4S.ClH/c17-11-14(22)20-12(16(23)24)10(8-25-15(11)20)2-1-5-19-6-3-9(4-7-19)13(18)21;/h1-4,6-7,11,15H,5,8,17H2,(H2-,18,21,23,24);1H/p+1/b2-1+;/t11?,15-;/m1./s1. The van der Waals surface area contributed by atoms with Crippen LogP contribution in [0, 0.1) is 0 Å². The Kier molecular flexibility index (Phi) is 6.06. The topological polar surface area (TPSA) is 131 Å². The minimum Gasteiger partial charge on any atom is -0.477 e. The Hall–Kier alpha value is -2.36. The Morgan fingerprint density at radius 3 is 2.62 bits per heavy atom. The number of rotatable bonds is 5. The minimum atomic E-state index is -1.14. The number of aromatic nitrogens is 1. The Balaban J connectivity index is 0.00000243. The second kappa shape index (κ2) is 7.90. The number of thioether (sulfide) groups is 1. The van der Waals surface area contributed by atoms with E-state index in [1.165, 1.54) is 16.7 Å². The molecule has 0 radical (unpaired) electrons. The number of carboxylic acid groups (broad SMARTS) is 1. The highest BCUT2D eigenvalue weighted by Gasteiger charge is 2.51. The third-order valence-corrected chi connectivity index (χ3v) is 5.38. The predicted octanol–water partition coefficient (Wildman–Crippen LogP) is -0.368. The SMILES string of the molecule is Cl.NC(=O)c1cc[n+](C/C=C/C2=C(C(=O)O)N3C(=O)C(N)[C@H]3SC2)cc1. The van der Waals surface area contributed by atoms with Gasteiger partial charge in [0.25, 0.3) is 0 Å². The minimum absolute atomic E-state index is 0. The van der Waals surface area contributed by atoms with E-state index in [2.05, 4.69) is 0 Å². The highest BCUT2D eigenvalue weighted by atomic mass is 35.5. The van der Waals surface area contributed by atoms with Crippen LogP contribution in [0.3, 0.4) is 0 Å². The zero-order valence-electron chi connectivity index (χ0n) is 13.6. The molecule has 0 aliphatic carbocycles. The van der Waals surface area contributed by atoms with E-state index in [4.69, 9.17) is 11.5 Å². The van der Waals surface area contributed by atoms with Crippen LogP contribution in [0.15, 0.2) is 47.9 Å². The van der Waals surface area contributed by atoms with Crippen molar-refractivity contribution in [2.24, 2.45) is 11.5 Å². The van der Waals surface area contributed by atoms with Crippen molar-refractivity contribution in [3.8, 4) is 0 Å². The van der Waals surface area contributed by atoms with Gasteiger partial charge in [-0.2, -0.15) is 0 Å². The average molecular weight is 398 g/mol.